The van der Waals surface area contributed by atoms with Crippen LogP contribution in [0.25, 0.3) is 11.3 Å². The number of aryl methyl sites for hydroxylation is 1. The van der Waals surface area contributed by atoms with Gasteiger partial charge in [0.1, 0.15) is 5.75 Å². The fourth-order valence-corrected chi connectivity index (χ4v) is 2.99. The number of anilines is 1. The molecule has 2 aromatic rings. The molecule has 0 spiro atoms. The highest BCUT2D eigenvalue weighted by atomic mass is 32.2. The molecule has 0 fully saturated rings. The molecule has 1 N–H and O–H groups in total. The van der Waals surface area contributed by atoms with E-state index in [0.29, 0.717) is 11.4 Å². The number of rotatable bonds is 5. The van der Waals surface area contributed by atoms with Crippen LogP contribution in [0.3, 0.4) is 0 Å². The number of benzene rings is 1. The highest BCUT2D eigenvalue weighted by molar-refractivity contribution is 8.00. The van der Waals surface area contributed by atoms with Crippen LogP contribution in [0.15, 0.2) is 24.3 Å². The largest absolute Gasteiger partial charge is 0.497 e. The van der Waals surface area contributed by atoms with Crippen molar-refractivity contribution in [1.82, 2.24) is 4.98 Å². The van der Waals surface area contributed by atoms with Crippen LogP contribution >= 0.6 is 23.1 Å². The topological polar surface area (TPSA) is 51.2 Å². The first-order chi connectivity index (χ1) is 10.8. The number of nitrogens with zero attached hydrogens (tertiary/aromatic N) is 1. The van der Waals surface area contributed by atoms with Crippen LogP contribution in [0.4, 0.5) is 18.3 Å². The third-order valence-corrected chi connectivity index (χ3v) is 4.39. The number of amides is 1. The van der Waals surface area contributed by atoms with Crippen molar-refractivity contribution in [2.24, 2.45) is 0 Å². The van der Waals surface area contributed by atoms with Crippen LogP contribution in [0, 0.1) is 6.92 Å². The molecular weight excluding hydrogens is 349 g/mol. The first-order valence-corrected chi connectivity index (χ1v) is 8.21. The summed E-state index contributed by atoms with van der Waals surface area (Å²) in [5, 5.41) is 2.67. The van der Waals surface area contributed by atoms with E-state index < -0.39 is 17.2 Å². The standard InChI is InChI=1S/C14H13F3N2O2S2/c1-8-12(9-3-5-10(21-2)6-4-9)19-13(23-8)18-11(20)7-22-14(15,16)17/h3-6H,7H2,1-2H3,(H,18,19,20). The lowest BCUT2D eigenvalue weighted by Gasteiger charge is -2.04. The Balaban J connectivity index is 2.07. The van der Waals surface area contributed by atoms with E-state index in [1.54, 1.807) is 19.2 Å². The molecule has 0 aliphatic carbocycles. The molecule has 1 amide bonds. The molecule has 0 aliphatic rings. The molecule has 23 heavy (non-hydrogen) atoms. The van der Waals surface area contributed by atoms with Crippen molar-refractivity contribution in [1.29, 1.82) is 0 Å². The van der Waals surface area contributed by atoms with E-state index in [9.17, 15) is 18.0 Å². The van der Waals surface area contributed by atoms with E-state index in [-0.39, 0.29) is 16.9 Å². The van der Waals surface area contributed by atoms with E-state index >= 15 is 0 Å². The summed E-state index contributed by atoms with van der Waals surface area (Å²) in [6, 6.07) is 7.22. The summed E-state index contributed by atoms with van der Waals surface area (Å²) >= 11 is 0.839. The van der Waals surface area contributed by atoms with Crippen molar-refractivity contribution in [3.63, 3.8) is 0 Å². The van der Waals surface area contributed by atoms with E-state index in [4.69, 9.17) is 4.74 Å². The second-order valence-electron chi connectivity index (χ2n) is 4.43. The normalized spacial score (nSPS) is 11.3. The Labute approximate surface area is 139 Å². The summed E-state index contributed by atoms with van der Waals surface area (Å²) < 4.78 is 41.3. The van der Waals surface area contributed by atoms with E-state index in [1.165, 1.54) is 11.3 Å². The summed E-state index contributed by atoms with van der Waals surface area (Å²) in [6.45, 7) is 1.83. The van der Waals surface area contributed by atoms with Crippen LogP contribution in [0.2, 0.25) is 0 Å². The number of nitrogens with one attached hydrogen (secondary N) is 1. The number of halogens is 3. The van der Waals surface area contributed by atoms with Gasteiger partial charge in [0.05, 0.1) is 18.6 Å². The van der Waals surface area contributed by atoms with E-state index in [1.807, 2.05) is 19.1 Å². The number of carbonyl (C=O) groups excluding carboxylic acids is 1. The number of alkyl halides is 3. The predicted molar refractivity (Wildman–Crippen MR) is 86.0 cm³/mol. The van der Waals surface area contributed by atoms with Gasteiger partial charge >= 0.3 is 5.51 Å². The predicted octanol–water partition coefficient (Wildman–Crippen LogP) is 4.32. The maximum atomic E-state index is 12.1. The molecule has 0 bridgehead atoms. The van der Waals surface area contributed by atoms with Gasteiger partial charge in [-0.05, 0) is 43.0 Å². The van der Waals surface area contributed by atoms with Gasteiger partial charge in [-0.3, -0.25) is 4.79 Å². The van der Waals surface area contributed by atoms with Gasteiger partial charge in [-0.1, -0.05) is 0 Å². The Morgan fingerprint density at radius 2 is 2.00 bits per heavy atom. The van der Waals surface area contributed by atoms with Crippen molar-refractivity contribution in [2.45, 2.75) is 12.4 Å². The Kier molecular flexibility index (Phi) is 5.53. The molecule has 1 heterocycles. The van der Waals surface area contributed by atoms with Gasteiger partial charge in [-0.2, -0.15) is 13.2 Å². The van der Waals surface area contributed by atoms with Crippen molar-refractivity contribution < 1.29 is 22.7 Å². The lowest BCUT2D eigenvalue weighted by Crippen LogP contribution is -2.16. The van der Waals surface area contributed by atoms with Crippen LogP contribution < -0.4 is 10.1 Å². The van der Waals surface area contributed by atoms with Gasteiger partial charge in [0, 0.05) is 10.4 Å². The smallest absolute Gasteiger partial charge is 0.442 e. The highest BCUT2D eigenvalue weighted by Gasteiger charge is 2.29. The molecular formula is C14H13F3N2O2S2. The third-order valence-electron chi connectivity index (χ3n) is 2.77. The van der Waals surface area contributed by atoms with Crippen molar-refractivity contribution in [3.05, 3.63) is 29.1 Å². The highest BCUT2D eigenvalue weighted by Crippen LogP contribution is 2.32. The summed E-state index contributed by atoms with van der Waals surface area (Å²) in [4.78, 5) is 16.6. The van der Waals surface area contributed by atoms with Crippen LogP contribution in [0.1, 0.15) is 4.88 Å². The average molecular weight is 362 g/mol. The molecule has 2 rings (SSSR count). The fourth-order valence-electron chi connectivity index (χ4n) is 1.77. The Morgan fingerprint density at radius 3 is 2.57 bits per heavy atom. The second kappa shape index (κ2) is 7.22. The molecule has 1 aromatic carbocycles. The number of ether oxygens (including phenoxy) is 1. The van der Waals surface area contributed by atoms with Crippen molar-refractivity contribution in [2.75, 3.05) is 18.2 Å². The Bertz CT molecular complexity index is 684. The van der Waals surface area contributed by atoms with Gasteiger partial charge in [-0.15, -0.1) is 11.3 Å². The number of methoxy groups -OCH3 is 1. The maximum Gasteiger partial charge on any atom is 0.442 e. The SMILES string of the molecule is COc1ccc(-c2nc(NC(=O)CSC(F)(F)F)sc2C)cc1. The average Bonchev–Trinajstić information content (AvgIpc) is 2.85. The molecule has 9 heteroatoms. The lowest BCUT2D eigenvalue weighted by atomic mass is 10.1. The number of hydrogen-bond donors (Lipinski definition) is 1. The van der Waals surface area contributed by atoms with Gasteiger partial charge in [0.2, 0.25) is 5.91 Å². The van der Waals surface area contributed by atoms with Crippen LogP contribution in [-0.4, -0.2) is 29.3 Å². The van der Waals surface area contributed by atoms with E-state index in [0.717, 1.165) is 10.4 Å². The van der Waals surface area contributed by atoms with Gasteiger partial charge in [-0.25, -0.2) is 4.98 Å². The number of thiazole rings is 1. The first kappa shape index (κ1) is 17.6. The Morgan fingerprint density at radius 1 is 1.35 bits per heavy atom. The Hall–Kier alpha value is -1.74. The molecule has 0 unspecified atom stereocenters. The molecule has 0 aliphatic heterocycles. The van der Waals surface area contributed by atoms with Crippen LogP contribution in [0.5, 0.6) is 5.75 Å². The quantitative estimate of drug-likeness (QED) is 0.861. The summed E-state index contributed by atoms with van der Waals surface area (Å²) in [5.74, 6) is -0.721. The summed E-state index contributed by atoms with van der Waals surface area (Å²) in [7, 11) is 1.57. The van der Waals surface area contributed by atoms with E-state index in [2.05, 4.69) is 10.3 Å². The van der Waals surface area contributed by atoms with Gasteiger partial charge < -0.3 is 10.1 Å². The molecule has 0 atom stereocenters. The minimum atomic E-state index is -4.43. The zero-order valence-corrected chi connectivity index (χ0v) is 13.9. The zero-order valence-electron chi connectivity index (χ0n) is 12.2. The second-order valence-corrected chi connectivity index (χ2v) is 6.68. The lowest BCUT2D eigenvalue weighted by molar-refractivity contribution is -0.114. The number of carbonyl (C=O) groups is 1. The molecule has 0 saturated carbocycles. The number of aromatic nitrogens is 1. The van der Waals surface area contributed by atoms with Crippen molar-refractivity contribution in [3.8, 4) is 17.0 Å². The maximum absolute atomic E-state index is 12.1. The first-order valence-electron chi connectivity index (χ1n) is 6.41. The minimum absolute atomic E-state index is 0.279. The summed E-state index contributed by atoms with van der Waals surface area (Å²) in [5.41, 5.74) is -2.91. The molecule has 0 saturated heterocycles. The fraction of sp³-hybridized carbons (Fsp3) is 0.286. The number of hydrogen-bond acceptors (Lipinski definition) is 5. The zero-order chi connectivity index (χ0) is 17.0. The third kappa shape index (κ3) is 5.14. The summed E-state index contributed by atoms with van der Waals surface area (Å²) in [6.07, 6.45) is 0. The van der Waals surface area contributed by atoms with Crippen molar-refractivity contribution >= 4 is 34.1 Å². The minimum Gasteiger partial charge on any atom is -0.497 e. The molecule has 124 valence electrons. The van der Waals surface area contributed by atoms with Crippen LogP contribution in [-0.2, 0) is 4.79 Å². The van der Waals surface area contributed by atoms with Gasteiger partial charge in [0.15, 0.2) is 5.13 Å². The van der Waals surface area contributed by atoms with Gasteiger partial charge in [0.25, 0.3) is 0 Å². The number of thioether (sulfide) groups is 1. The molecule has 4 nitrogen and oxygen atoms in total. The molecule has 0 radical (unpaired) electrons. The molecule has 1 aromatic heterocycles. The monoisotopic (exact) mass is 362 g/mol.